The number of amides is 1. The van der Waals surface area contributed by atoms with Gasteiger partial charge in [-0.1, -0.05) is 0 Å². The van der Waals surface area contributed by atoms with E-state index in [1.54, 1.807) is 0 Å². The van der Waals surface area contributed by atoms with Gasteiger partial charge in [-0.15, -0.1) is 0 Å². The van der Waals surface area contributed by atoms with Crippen LogP contribution in [0.3, 0.4) is 0 Å². The van der Waals surface area contributed by atoms with Crippen molar-refractivity contribution >= 4 is 6.09 Å². The number of aromatic amines is 1. The molecule has 3 rings (SSSR count). The van der Waals surface area contributed by atoms with Gasteiger partial charge in [0.25, 0.3) is 0 Å². The van der Waals surface area contributed by atoms with Crippen LogP contribution in [0.25, 0.3) is 0 Å². The van der Waals surface area contributed by atoms with Crippen molar-refractivity contribution in [1.29, 1.82) is 0 Å². The predicted molar refractivity (Wildman–Crippen MR) is 83.8 cm³/mol. The molecule has 1 unspecified atom stereocenters. The first-order valence-corrected chi connectivity index (χ1v) is 8.43. The van der Waals surface area contributed by atoms with Crippen molar-refractivity contribution in [3.8, 4) is 0 Å². The minimum atomic E-state index is -0.159. The molecule has 0 aromatic carbocycles. The lowest BCUT2D eigenvalue weighted by atomic mass is 9.93. The Morgan fingerprint density at radius 1 is 1.36 bits per heavy atom. The number of carbonyl (C=O) groups excluding carboxylic acids is 1. The van der Waals surface area contributed by atoms with Gasteiger partial charge >= 0.3 is 6.09 Å². The molecule has 0 bridgehead atoms. The van der Waals surface area contributed by atoms with Gasteiger partial charge in [-0.3, -0.25) is 4.90 Å². The molecule has 2 aliphatic heterocycles. The summed E-state index contributed by atoms with van der Waals surface area (Å²) in [6.45, 7) is 6.18. The average molecular weight is 306 g/mol. The molecule has 0 aliphatic carbocycles. The highest BCUT2D eigenvalue weighted by Crippen LogP contribution is 2.28. The number of likely N-dealkylation sites (tertiary alicyclic amines) is 2. The molecule has 122 valence electrons. The Morgan fingerprint density at radius 3 is 2.86 bits per heavy atom. The Bertz CT molecular complexity index is 469. The number of carbonyl (C=O) groups is 1. The summed E-state index contributed by atoms with van der Waals surface area (Å²) in [6, 6.07) is 0.587. The summed E-state index contributed by atoms with van der Waals surface area (Å²) in [4.78, 5) is 23.9. The molecule has 6 nitrogen and oxygen atoms in total. The molecule has 1 N–H and O–H groups in total. The number of rotatable bonds is 3. The standard InChI is InChI=1S/C16H26N4O2/c1-2-22-16(21)19-10-5-14(6-11-19)20-9-3-4-13(12-20)15-17-7-8-18-15/h7-8,13-14H,2-6,9-12H2,1H3,(H,17,18). The van der Waals surface area contributed by atoms with Crippen LogP contribution in [0.5, 0.6) is 0 Å². The summed E-state index contributed by atoms with van der Waals surface area (Å²) in [5.41, 5.74) is 0. The first-order chi connectivity index (χ1) is 10.8. The summed E-state index contributed by atoms with van der Waals surface area (Å²) >= 11 is 0. The Balaban J connectivity index is 1.51. The number of imidazole rings is 1. The lowest BCUT2D eigenvalue weighted by Gasteiger charge is -2.41. The van der Waals surface area contributed by atoms with Gasteiger partial charge in [0.1, 0.15) is 5.82 Å². The number of hydrogen-bond acceptors (Lipinski definition) is 4. The summed E-state index contributed by atoms with van der Waals surface area (Å²) in [5, 5.41) is 0. The molecule has 0 spiro atoms. The Labute approximate surface area is 131 Å². The van der Waals surface area contributed by atoms with Crippen molar-refractivity contribution in [2.75, 3.05) is 32.8 Å². The first kappa shape index (κ1) is 15.3. The first-order valence-electron chi connectivity index (χ1n) is 8.43. The molecule has 2 aliphatic rings. The largest absolute Gasteiger partial charge is 0.450 e. The van der Waals surface area contributed by atoms with E-state index < -0.39 is 0 Å². The molecule has 1 amide bonds. The minimum absolute atomic E-state index is 0.159. The third-order valence-corrected chi connectivity index (χ3v) is 4.87. The van der Waals surface area contributed by atoms with Crippen LogP contribution in [-0.4, -0.2) is 64.7 Å². The highest BCUT2D eigenvalue weighted by atomic mass is 16.6. The maximum Gasteiger partial charge on any atom is 0.409 e. The van der Waals surface area contributed by atoms with Gasteiger partial charge in [0.05, 0.1) is 6.61 Å². The van der Waals surface area contributed by atoms with Gasteiger partial charge in [-0.25, -0.2) is 9.78 Å². The van der Waals surface area contributed by atoms with E-state index in [9.17, 15) is 4.79 Å². The molecule has 1 atom stereocenters. The van der Waals surface area contributed by atoms with Crippen molar-refractivity contribution in [2.24, 2.45) is 0 Å². The van der Waals surface area contributed by atoms with Crippen LogP contribution in [0.1, 0.15) is 44.3 Å². The molecule has 2 fully saturated rings. The Kier molecular flexibility index (Phi) is 4.97. The fraction of sp³-hybridized carbons (Fsp3) is 0.750. The molecule has 1 aromatic heterocycles. The Morgan fingerprint density at radius 2 is 2.18 bits per heavy atom. The third-order valence-electron chi connectivity index (χ3n) is 4.87. The molecule has 6 heteroatoms. The van der Waals surface area contributed by atoms with Crippen molar-refractivity contribution < 1.29 is 9.53 Å². The molecule has 22 heavy (non-hydrogen) atoms. The highest BCUT2D eigenvalue weighted by Gasteiger charge is 2.31. The van der Waals surface area contributed by atoms with Crippen LogP contribution in [0.15, 0.2) is 12.4 Å². The second kappa shape index (κ2) is 7.13. The predicted octanol–water partition coefficient (Wildman–Crippen LogP) is 2.21. The van der Waals surface area contributed by atoms with Gasteiger partial charge in [-0.2, -0.15) is 0 Å². The van der Waals surface area contributed by atoms with E-state index >= 15 is 0 Å². The molecular weight excluding hydrogens is 280 g/mol. The van der Waals surface area contributed by atoms with Crippen LogP contribution in [-0.2, 0) is 4.74 Å². The quantitative estimate of drug-likeness (QED) is 0.930. The fourth-order valence-corrected chi connectivity index (χ4v) is 3.69. The number of aromatic nitrogens is 2. The topological polar surface area (TPSA) is 61.5 Å². The van der Waals surface area contributed by atoms with Crippen LogP contribution in [0, 0.1) is 0 Å². The van der Waals surface area contributed by atoms with Crippen molar-refractivity contribution in [3.63, 3.8) is 0 Å². The van der Waals surface area contributed by atoms with Gasteiger partial charge in [0, 0.05) is 44.0 Å². The molecule has 1 aromatic rings. The van der Waals surface area contributed by atoms with E-state index in [1.807, 2.05) is 24.2 Å². The van der Waals surface area contributed by atoms with Crippen molar-refractivity contribution in [2.45, 2.75) is 44.6 Å². The number of nitrogens with zero attached hydrogens (tertiary/aromatic N) is 3. The normalized spacial score (nSPS) is 24.4. The van der Waals surface area contributed by atoms with Gasteiger partial charge < -0.3 is 14.6 Å². The maximum atomic E-state index is 11.8. The summed E-state index contributed by atoms with van der Waals surface area (Å²) < 4.78 is 5.09. The SMILES string of the molecule is CCOC(=O)N1CCC(N2CCCC(c3ncc[nH]3)C2)CC1. The molecular formula is C16H26N4O2. The second-order valence-electron chi connectivity index (χ2n) is 6.23. The van der Waals surface area contributed by atoms with Crippen molar-refractivity contribution in [3.05, 3.63) is 18.2 Å². The van der Waals surface area contributed by atoms with Gasteiger partial charge in [0.2, 0.25) is 0 Å². The number of piperidine rings is 2. The van der Waals surface area contributed by atoms with E-state index in [4.69, 9.17) is 4.74 Å². The van der Waals surface area contributed by atoms with Gasteiger partial charge in [-0.05, 0) is 39.2 Å². The van der Waals surface area contributed by atoms with Crippen LogP contribution in [0.4, 0.5) is 4.79 Å². The molecule has 0 saturated carbocycles. The van der Waals surface area contributed by atoms with E-state index in [1.165, 1.54) is 19.4 Å². The van der Waals surface area contributed by atoms with Crippen LogP contribution >= 0.6 is 0 Å². The van der Waals surface area contributed by atoms with E-state index in [2.05, 4.69) is 14.9 Å². The monoisotopic (exact) mass is 306 g/mol. The zero-order valence-electron chi connectivity index (χ0n) is 13.3. The lowest BCUT2D eigenvalue weighted by Crippen LogP contribution is -2.49. The highest BCUT2D eigenvalue weighted by molar-refractivity contribution is 5.67. The lowest BCUT2D eigenvalue weighted by molar-refractivity contribution is 0.0646. The molecule has 2 saturated heterocycles. The fourth-order valence-electron chi connectivity index (χ4n) is 3.69. The number of ether oxygens (including phenoxy) is 1. The Hall–Kier alpha value is -1.56. The maximum absolute atomic E-state index is 11.8. The number of nitrogens with one attached hydrogen (secondary N) is 1. The third kappa shape index (κ3) is 3.43. The second-order valence-corrected chi connectivity index (χ2v) is 6.23. The van der Waals surface area contributed by atoms with Gasteiger partial charge in [0.15, 0.2) is 0 Å². The summed E-state index contributed by atoms with van der Waals surface area (Å²) in [6.07, 6.45) is 8.12. The zero-order valence-corrected chi connectivity index (χ0v) is 13.3. The summed E-state index contributed by atoms with van der Waals surface area (Å²) in [7, 11) is 0. The smallest absolute Gasteiger partial charge is 0.409 e. The van der Waals surface area contributed by atoms with E-state index in [0.717, 1.165) is 38.3 Å². The molecule has 3 heterocycles. The molecule has 0 radical (unpaired) electrons. The van der Waals surface area contributed by atoms with E-state index in [-0.39, 0.29) is 6.09 Å². The number of hydrogen-bond donors (Lipinski definition) is 1. The van der Waals surface area contributed by atoms with Crippen molar-refractivity contribution in [1.82, 2.24) is 19.8 Å². The van der Waals surface area contributed by atoms with E-state index in [0.29, 0.717) is 18.6 Å². The van der Waals surface area contributed by atoms with Crippen LogP contribution in [0.2, 0.25) is 0 Å². The zero-order chi connectivity index (χ0) is 15.4. The number of H-pyrrole nitrogens is 1. The average Bonchev–Trinajstić information content (AvgIpc) is 3.10. The van der Waals surface area contributed by atoms with Crippen LogP contribution < -0.4 is 0 Å². The minimum Gasteiger partial charge on any atom is -0.450 e. The summed E-state index contributed by atoms with van der Waals surface area (Å²) in [5.74, 6) is 1.64.